The number of aromatic nitrogens is 4. The number of rotatable bonds is 6. The van der Waals surface area contributed by atoms with E-state index >= 15 is 0 Å². The molecule has 0 bridgehead atoms. The molecule has 0 unspecified atom stereocenters. The van der Waals surface area contributed by atoms with E-state index in [1.807, 2.05) is 6.07 Å². The summed E-state index contributed by atoms with van der Waals surface area (Å²) >= 11 is 0. The van der Waals surface area contributed by atoms with E-state index in [-0.39, 0.29) is 0 Å². The van der Waals surface area contributed by atoms with Crippen LogP contribution in [0.4, 0.5) is 5.82 Å². The summed E-state index contributed by atoms with van der Waals surface area (Å²) in [6.07, 6.45) is 6.89. The molecule has 2 N–H and O–H groups in total. The van der Waals surface area contributed by atoms with Crippen LogP contribution >= 0.6 is 0 Å². The van der Waals surface area contributed by atoms with Crippen LogP contribution in [0.3, 0.4) is 0 Å². The first kappa shape index (κ1) is 20.6. The largest absolute Gasteiger partial charge is 0.369 e. The van der Waals surface area contributed by atoms with E-state index in [0.29, 0.717) is 30.0 Å². The van der Waals surface area contributed by atoms with Crippen LogP contribution in [-0.2, 0) is 19.4 Å². The molecule has 0 aliphatic carbocycles. The minimum absolute atomic E-state index is 0.369. The number of fused-ring (bicyclic) bond motifs is 2. The Hall–Kier alpha value is -4.27. The molecular weight excluding hydrogens is 412 g/mol. The summed E-state index contributed by atoms with van der Waals surface area (Å²) < 4.78 is 0. The molecule has 0 fully saturated rings. The fourth-order valence-corrected chi connectivity index (χ4v) is 4.27. The molecule has 4 heterocycles. The van der Waals surface area contributed by atoms with Crippen LogP contribution < -0.4 is 5.32 Å². The van der Waals surface area contributed by atoms with Gasteiger partial charge in [0.05, 0.1) is 23.9 Å². The molecule has 8 nitrogen and oxygen atoms in total. The second kappa shape index (κ2) is 9.07. The van der Waals surface area contributed by atoms with Crippen molar-refractivity contribution in [3.63, 3.8) is 0 Å². The molecule has 4 aromatic rings. The lowest BCUT2D eigenvalue weighted by Crippen LogP contribution is -2.32. The van der Waals surface area contributed by atoms with Crippen molar-refractivity contribution in [1.82, 2.24) is 24.8 Å². The normalized spacial score (nSPS) is 13.3. The van der Waals surface area contributed by atoms with Crippen molar-refractivity contribution >= 4 is 16.7 Å². The standard InChI is InChI=1S/C25H22N8/c26-7-10-33-9-6-21-23(16-33)31-24(19-11-17(12-27)13-28-14-19)32-25(21)29-8-5-18-15-30-22-4-2-1-3-20(18)22/h1-4,11,13-15,30H,5-6,8-10,16H2,(H,29,31,32). The van der Waals surface area contributed by atoms with Crippen LogP contribution in [0.5, 0.6) is 0 Å². The second-order valence-corrected chi connectivity index (χ2v) is 8.05. The van der Waals surface area contributed by atoms with Crippen LogP contribution in [0.1, 0.15) is 22.4 Å². The maximum absolute atomic E-state index is 9.25. The van der Waals surface area contributed by atoms with Gasteiger partial charge in [-0.25, -0.2) is 9.97 Å². The molecule has 0 amide bonds. The lowest BCUT2D eigenvalue weighted by atomic mass is 10.0. The quantitative estimate of drug-likeness (QED) is 0.446. The van der Waals surface area contributed by atoms with Crippen LogP contribution in [0.15, 0.2) is 48.9 Å². The zero-order chi connectivity index (χ0) is 22.6. The Kier molecular flexibility index (Phi) is 5.67. The molecule has 0 saturated heterocycles. The number of hydrogen-bond acceptors (Lipinski definition) is 7. The predicted octanol–water partition coefficient (Wildman–Crippen LogP) is 3.43. The third-order valence-corrected chi connectivity index (χ3v) is 5.93. The number of nitriles is 2. The SMILES string of the molecule is N#CCN1CCc2c(nc(-c3cncc(C#N)c3)nc2NCCc2c[nH]c3ccccc23)C1. The van der Waals surface area contributed by atoms with Crippen LogP contribution in [-0.4, -0.2) is 44.5 Å². The molecule has 1 aromatic carbocycles. The van der Waals surface area contributed by atoms with E-state index in [1.54, 1.807) is 12.3 Å². The number of nitrogens with one attached hydrogen (secondary N) is 2. The molecule has 33 heavy (non-hydrogen) atoms. The highest BCUT2D eigenvalue weighted by Gasteiger charge is 2.23. The van der Waals surface area contributed by atoms with Crippen molar-refractivity contribution in [1.29, 1.82) is 10.5 Å². The van der Waals surface area contributed by atoms with Gasteiger partial charge in [-0.1, -0.05) is 18.2 Å². The smallest absolute Gasteiger partial charge is 0.163 e. The molecule has 8 heteroatoms. The summed E-state index contributed by atoms with van der Waals surface area (Å²) in [5.41, 5.74) is 5.57. The van der Waals surface area contributed by atoms with Gasteiger partial charge in [-0.15, -0.1) is 0 Å². The molecule has 0 radical (unpaired) electrons. The molecule has 0 spiro atoms. The van der Waals surface area contributed by atoms with Gasteiger partial charge in [0.15, 0.2) is 5.82 Å². The number of aromatic amines is 1. The number of anilines is 1. The van der Waals surface area contributed by atoms with Crippen LogP contribution in [0.25, 0.3) is 22.3 Å². The lowest BCUT2D eigenvalue weighted by Gasteiger charge is -2.27. The fraction of sp³-hybridized carbons (Fsp3) is 0.240. The number of benzene rings is 1. The fourth-order valence-electron chi connectivity index (χ4n) is 4.27. The van der Waals surface area contributed by atoms with E-state index in [9.17, 15) is 5.26 Å². The maximum Gasteiger partial charge on any atom is 0.163 e. The molecule has 1 aliphatic heterocycles. The summed E-state index contributed by atoms with van der Waals surface area (Å²) in [4.78, 5) is 19.2. The Bertz CT molecular complexity index is 1390. The van der Waals surface area contributed by atoms with Gasteiger partial charge in [0.2, 0.25) is 0 Å². The lowest BCUT2D eigenvalue weighted by molar-refractivity contribution is 0.280. The summed E-state index contributed by atoms with van der Waals surface area (Å²) in [6, 6.07) is 14.4. The van der Waals surface area contributed by atoms with E-state index < -0.39 is 0 Å². The Morgan fingerprint density at radius 2 is 2.06 bits per heavy atom. The highest BCUT2D eigenvalue weighted by Crippen LogP contribution is 2.27. The van der Waals surface area contributed by atoms with Crippen LogP contribution in [0, 0.1) is 22.7 Å². The molecule has 162 valence electrons. The van der Waals surface area contributed by atoms with Gasteiger partial charge in [0.25, 0.3) is 0 Å². The van der Waals surface area contributed by atoms with Gasteiger partial charge in [-0.2, -0.15) is 10.5 Å². The van der Waals surface area contributed by atoms with E-state index in [1.165, 1.54) is 17.1 Å². The third-order valence-electron chi connectivity index (χ3n) is 5.93. The Morgan fingerprint density at radius 3 is 2.94 bits per heavy atom. The second-order valence-electron chi connectivity index (χ2n) is 8.05. The van der Waals surface area contributed by atoms with Crippen molar-refractivity contribution in [2.45, 2.75) is 19.4 Å². The molecular formula is C25H22N8. The van der Waals surface area contributed by atoms with Gasteiger partial charge < -0.3 is 10.3 Å². The Morgan fingerprint density at radius 1 is 1.15 bits per heavy atom. The topological polar surface area (TPSA) is 117 Å². The van der Waals surface area contributed by atoms with Crippen molar-refractivity contribution < 1.29 is 0 Å². The number of hydrogen-bond donors (Lipinski definition) is 2. The van der Waals surface area contributed by atoms with Crippen molar-refractivity contribution in [2.24, 2.45) is 0 Å². The molecule has 0 saturated carbocycles. The summed E-state index contributed by atoms with van der Waals surface area (Å²) in [7, 11) is 0. The van der Waals surface area contributed by atoms with Crippen molar-refractivity contribution in [3.05, 3.63) is 71.3 Å². The predicted molar refractivity (Wildman–Crippen MR) is 125 cm³/mol. The monoisotopic (exact) mass is 434 g/mol. The number of pyridine rings is 1. The molecule has 0 atom stereocenters. The molecule has 3 aromatic heterocycles. The first-order valence-corrected chi connectivity index (χ1v) is 10.9. The minimum Gasteiger partial charge on any atom is -0.369 e. The molecule has 5 rings (SSSR count). The maximum atomic E-state index is 9.25. The van der Waals surface area contributed by atoms with E-state index in [2.05, 4.69) is 56.7 Å². The van der Waals surface area contributed by atoms with Crippen LogP contribution in [0.2, 0.25) is 0 Å². The van der Waals surface area contributed by atoms with Gasteiger partial charge in [-0.3, -0.25) is 9.88 Å². The van der Waals surface area contributed by atoms with E-state index in [0.717, 1.165) is 48.5 Å². The van der Waals surface area contributed by atoms with Gasteiger partial charge in [0, 0.05) is 60.3 Å². The van der Waals surface area contributed by atoms with Gasteiger partial charge >= 0.3 is 0 Å². The highest BCUT2D eigenvalue weighted by molar-refractivity contribution is 5.83. The molecule has 1 aliphatic rings. The number of H-pyrrole nitrogens is 1. The highest BCUT2D eigenvalue weighted by atomic mass is 15.1. The number of para-hydroxylation sites is 1. The minimum atomic E-state index is 0.369. The Balaban J connectivity index is 1.44. The van der Waals surface area contributed by atoms with Gasteiger partial charge in [0.1, 0.15) is 11.9 Å². The summed E-state index contributed by atoms with van der Waals surface area (Å²) in [6.45, 7) is 2.49. The van der Waals surface area contributed by atoms with Crippen molar-refractivity contribution in [3.8, 4) is 23.5 Å². The zero-order valence-corrected chi connectivity index (χ0v) is 18.0. The zero-order valence-electron chi connectivity index (χ0n) is 18.0. The average molecular weight is 435 g/mol. The third kappa shape index (κ3) is 4.25. The average Bonchev–Trinajstić information content (AvgIpc) is 3.27. The number of nitrogens with zero attached hydrogens (tertiary/aromatic N) is 6. The summed E-state index contributed by atoms with van der Waals surface area (Å²) in [5.74, 6) is 1.35. The summed E-state index contributed by atoms with van der Waals surface area (Å²) in [5, 5.41) is 23.1. The Labute approximate surface area is 191 Å². The van der Waals surface area contributed by atoms with Gasteiger partial charge in [-0.05, 0) is 30.5 Å². The first-order chi connectivity index (χ1) is 16.2. The van der Waals surface area contributed by atoms with E-state index in [4.69, 9.17) is 15.2 Å². The van der Waals surface area contributed by atoms with Crippen molar-refractivity contribution in [2.75, 3.05) is 25.0 Å². The first-order valence-electron chi connectivity index (χ1n) is 10.9.